The molecule has 1 aliphatic heterocycles. The van der Waals surface area contributed by atoms with Gasteiger partial charge in [0.2, 0.25) is 5.89 Å². The first-order chi connectivity index (χ1) is 16.1. The van der Waals surface area contributed by atoms with Gasteiger partial charge in [-0.2, -0.15) is 5.26 Å². The Bertz CT molecular complexity index is 1420. The van der Waals surface area contributed by atoms with Crippen LogP contribution in [0.5, 0.6) is 0 Å². The van der Waals surface area contributed by atoms with E-state index < -0.39 is 6.17 Å². The highest BCUT2D eigenvalue weighted by molar-refractivity contribution is 6.16. The molecule has 2 heterocycles. The quantitative estimate of drug-likeness (QED) is 0.514. The Morgan fingerprint density at radius 1 is 1.00 bits per heavy atom. The summed E-state index contributed by atoms with van der Waals surface area (Å²) in [6.45, 7) is 1.85. The zero-order valence-corrected chi connectivity index (χ0v) is 17.8. The Labute approximate surface area is 190 Å². The molecular formula is C26H19N5O2. The molecule has 0 radical (unpaired) electrons. The molecule has 4 aromatic rings. The smallest absolute Gasteiger partial charge is 0.317 e. The van der Waals surface area contributed by atoms with E-state index in [9.17, 15) is 4.79 Å². The van der Waals surface area contributed by atoms with Crippen LogP contribution in [0.25, 0.3) is 11.5 Å². The minimum Gasteiger partial charge on any atom is -0.403 e. The van der Waals surface area contributed by atoms with Crippen molar-refractivity contribution in [3.8, 4) is 17.5 Å². The third-order valence-corrected chi connectivity index (χ3v) is 5.53. The fourth-order valence-electron chi connectivity index (χ4n) is 3.84. The van der Waals surface area contributed by atoms with Crippen LogP contribution in [0, 0.1) is 18.3 Å². The summed E-state index contributed by atoms with van der Waals surface area (Å²) in [5.41, 5.74) is 5.61. The largest absolute Gasteiger partial charge is 0.403 e. The van der Waals surface area contributed by atoms with Crippen LogP contribution < -0.4 is 5.32 Å². The van der Waals surface area contributed by atoms with E-state index in [1.807, 2.05) is 67.6 Å². The summed E-state index contributed by atoms with van der Waals surface area (Å²) in [6.07, 6.45) is -0.632. The van der Waals surface area contributed by atoms with Gasteiger partial charge in [-0.25, -0.2) is 0 Å². The lowest BCUT2D eigenvalue weighted by atomic mass is 9.96. The van der Waals surface area contributed by atoms with Crippen LogP contribution >= 0.6 is 0 Å². The van der Waals surface area contributed by atoms with Crippen molar-refractivity contribution in [3.63, 3.8) is 0 Å². The average Bonchev–Trinajstić information content (AvgIpc) is 3.26. The summed E-state index contributed by atoms with van der Waals surface area (Å²) in [4.78, 5) is 17.8. The number of nitrogens with one attached hydrogen (secondary N) is 1. The van der Waals surface area contributed by atoms with Gasteiger partial charge in [0.25, 0.3) is 0 Å². The lowest BCUT2D eigenvalue weighted by molar-refractivity contribution is -0.119. The molecule has 7 heteroatoms. The highest BCUT2D eigenvalue weighted by Gasteiger charge is 2.27. The Hall–Kier alpha value is -4.57. The summed E-state index contributed by atoms with van der Waals surface area (Å²) < 4.78 is 5.77. The topological polar surface area (TPSA) is 104 Å². The molecule has 0 amide bonds. The van der Waals surface area contributed by atoms with Crippen molar-refractivity contribution < 1.29 is 9.21 Å². The van der Waals surface area contributed by atoms with E-state index in [-0.39, 0.29) is 18.2 Å². The zero-order valence-electron chi connectivity index (χ0n) is 17.8. The highest BCUT2D eigenvalue weighted by Crippen LogP contribution is 2.25. The van der Waals surface area contributed by atoms with Gasteiger partial charge < -0.3 is 9.73 Å². The normalized spacial score (nSPS) is 15.2. The van der Waals surface area contributed by atoms with Crippen LogP contribution in [0.3, 0.4) is 0 Å². The molecule has 0 fully saturated rings. The zero-order chi connectivity index (χ0) is 22.8. The fourth-order valence-corrected chi connectivity index (χ4v) is 3.84. The number of nitriles is 1. The maximum Gasteiger partial charge on any atom is 0.317 e. The van der Waals surface area contributed by atoms with Crippen LogP contribution in [0.2, 0.25) is 0 Å². The number of aryl methyl sites for hydroxylation is 1. The summed E-state index contributed by atoms with van der Waals surface area (Å²) >= 11 is 0. The van der Waals surface area contributed by atoms with Gasteiger partial charge in [0.15, 0.2) is 11.9 Å². The van der Waals surface area contributed by atoms with Gasteiger partial charge >= 0.3 is 6.01 Å². The number of aliphatic imine (C=N–C) groups is 1. The van der Waals surface area contributed by atoms with E-state index in [1.165, 1.54) is 0 Å². The number of carbonyl (C=O) groups is 1. The van der Waals surface area contributed by atoms with Crippen molar-refractivity contribution >= 4 is 17.5 Å². The Balaban J connectivity index is 1.48. The molecule has 5 rings (SSSR count). The molecule has 1 N–H and O–H groups in total. The Morgan fingerprint density at radius 3 is 2.58 bits per heavy atom. The average molecular weight is 433 g/mol. The molecule has 0 aliphatic carbocycles. The van der Waals surface area contributed by atoms with Gasteiger partial charge in [-0.3, -0.25) is 9.79 Å². The minimum absolute atomic E-state index is 0.0950. The number of carbonyl (C=O) groups excluding carboxylic acids is 1. The summed E-state index contributed by atoms with van der Waals surface area (Å²) in [7, 11) is 0. The first-order valence-corrected chi connectivity index (χ1v) is 10.5. The van der Waals surface area contributed by atoms with Gasteiger partial charge in [0.05, 0.1) is 17.3 Å². The van der Waals surface area contributed by atoms with E-state index in [0.29, 0.717) is 17.0 Å². The van der Waals surface area contributed by atoms with E-state index in [1.54, 1.807) is 12.1 Å². The summed E-state index contributed by atoms with van der Waals surface area (Å²) in [5.74, 6) is 0.198. The van der Waals surface area contributed by atoms with Crippen molar-refractivity contribution in [3.05, 3.63) is 101 Å². The van der Waals surface area contributed by atoms with Gasteiger partial charge in [0.1, 0.15) is 0 Å². The van der Waals surface area contributed by atoms with Crippen molar-refractivity contribution in [2.75, 3.05) is 5.32 Å². The molecule has 33 heavy (non-hydrogen) atoms. The van der Waals surface area contributed by atoms with Crippen molar-refractivity contribution in [1.29, 1.82) is 5.26 Å². The molecule has 1 aromatic heterocycles. The number of rotatable bonds is 4. The molecule has 0 saturated carbocycles. The van der Waals surface area contributed by atoms with Crippen LogP contribution in [0.15, 0.2) is 82.2 Å². The molecule has 3 aromatic carbocycles. The van der Waals surface area contributed by atoms with Gasteiger partial charge in [-0.05, 0) is 36.2 Å². The van der Waals surface area contributed by atoms with E-state index in [2.05, 4.69) is 21.6 Å². The molecule has 1 aliphatic rings. The Morgan fingerprint density at radius 2 is 1.79 bits per heavy atom. The van der Waals surface area contributed by atoms with E-state index in [4.69, 9.17) is 14.7 Å². The van der Waals surface area contributed by atoms with Crippen LogP contribution in [0.4, 0.5) is 6.01 Å². The number of aromatic nitrogens is 2. The molecule has 1 atom stereocenters. The Kier molecular flexibility index (Phi) is 5.25. The van der Waals surface area contributed by atoms with Gasteiger partial charge in [0, 0.05) is 23.1 Å². The standard InChI is InChI=1S/C26H19N5O2/c1-16-13-19(11-12-20(16)15-27)25-30-31-26(33-25)29-24-22(32)14-18-9-5-6-10-21(18)23(28-24)17-7-3-2-4-8-17/h2-13,24H,14H2,1H3,(H,29,31). The van der Waals surface area contributed by atoms with Gasteiger partial charge in [-0.15, -0.1) is 5.10 Å². The molecule has 0 spiro atoms. The fraction of sp³-hybridized carbons (Fsp3) is 0.115. The number of benzene rings is 3. The van der Waals surface area contributed by atoms with E-state index in [0.717, 1.165) is 28.0 Å². The predicted octanol–water partition coefficient (Wildman–Crippen LogP) is 4.32. The van der Waals surface area contributed by atoms with Gasteiger partial charge in [-0.1, -0.05) is 59.7 Å². The molecule has 160 valence electrons. The lowest BCUT2D eigenvalue weighted by Crippen LogP contribution is -2.29. The number of ketones is 1. The highest BCUT2D eigenvalue weighted by atomic mass is 16.4. The van der Waals surface area contributed by atoms with E-state index >= 15 is 0 Å². The first kappa shape index (κ1) is 20.3. The van der Waals surface area contributed by atoms with Crippen molar-refractivity contribution in [1.82, 2.24) is 10.2 Å². The number of anilines is 1. The number of Topliss-reactive ketones (excluding diaryl/α,β-unsaturated/α-hetero) is 1. The lowest BCUT2D eigenvalue weighted by Gasteiger charge is -2.11. The summed E-state index contributed by atoms with van der Waals surface area (Å²) in [5, 5.41) is 20.3. The van der Waals surface area contributed by atoms with Crippen LogP contribution in [-0.4, -0.2) is 27.9 Å². The molecule has 1 unspecified atom stereocenters. The van der Waals surface area contributed by atoms with Crippen LogP contribution in [-0.2, 0) is 11.2 Å². The molecular weight excluding hydrogens is 414 g/mol. The molecule has 0 bridgehead atoms. The second-order valence-corrected chi connectivity index (χ2v) is 7.74. The SMILES string of the molecule is Cc1cc(-c2nnc(NC3N=C(c4ccccc4)c4ccccc4CC3=O)o2)ccc1C#N. The maximum atomic E-state index is 13.1. The minimum atomic E-state index is -0.872. The summed E-state index contributed by atoms with van der Waals surface area (Å²) in [6, 6.07) is 25.1. The second kappa shape index (κ2) is 8.52. The predicted molar refractivity (Wildman–Crippen MR) is 124 cm³/mol. The van der Waals surface area contributed by atoms with Crippen molar-refractivity contribution in [2.45, 2.75) is 19.5 Å². The monoisotopic (exact) mass is 433 g/mol. The molecule has 0 saturated heterocycles. The van der Waals surface area contributed by atoms with Crippen LogP contribution in [0.1, 0.15) is 27.8 Å². The number of fused-ring (bicyclic) bond motifs is 1. The third kappa shape index (κ3) is 4.02. The molecule has 7 nitrogen and oxygen atoms in total. The van der Waals surface area contributed by atoms with Crippen molar-refractivity contribution in [2.24, 2.45) is 4.99 Å². The maximum absolute atomic E-state index is 13.1. The third-order valence-electron chi connectivity index (χ3n) is 5.53. The number of nitrogens with zero attached hydrogens (tertiary/aromatic N) is 4. The number of hydrogen-bond donors (Lipinski definition) is 1. The first-order valence-electron chi connectivity index (χ1n) is 10.5. The number of hydrogen-bond acceptors (Lipinski definition) is 7. The second-order valence-electron chi connectivity index (χ2n) is 7.74.